The SMILES string of the molecule is Cc1ccc(Cl)cc1.F[B-](F)(F)F.F[B-](F)(F)F.F[B-](F)(F)F. The molecule has 0 saturated carbocycles. The lowest BCUT2D eigenvalue weighted by Crippen LogP contribution is -2.02. The molecule has 0 nitrogen and oxygen atoms in total. The maximum Gasteiger partial charge on any atom is 0.673 e. The van der Waals surface area contributed by atoms with Crippen LogP contribution >= 0.6 is 11.6 Å². The van der Waals surface area contributed by atoms with Gasteiger partial charge in [0.2, 0.25) is 0 Å². The van der Waals surface area contributed by atoms with Crippen LogP contribution in [0.5, 0.6) is 0 Å². The standard InChI is InChI=1S/C7H7Cl.3BF4/c1-6-2-4-7(8)5-3-6;3*2-1(3,4)5/h2-5H,1H3;;;/q;3*-1. The highest BCUT2D eigenvalue weighted by Gasteiger charge is 2.21. The van der Waals surface area contributed by atoms with Crippen molar-refractivity contribution in [2.45, 2.75) is 6.92 Å². The lowest BCUT2D eigenvalue weighted by molar-refractivity contribution is 0.366. The van der Waals surface area contributed by atoms with Gasteiger partial charge in [-0.05, 0) is 19.1 Å². The molecule has 0 spiro atoms. The summed E-state index contributed by atoms with van der Waals surface area (Å²) in [6.45, 7) is 2.04. The molecule has 0 atom stereocenters. The van der Waals surface area contributed by atoms with Gasteiger partial charge in [0, 0.05) is 5.02 Å². The highest BCUT2D eigenvalue weighted by molar-refractivity contribution is 6.50. The smallest absolute Gasteiger partial charge is 0.418 e. The Labute approximate surface area is 128 Å². The van der Waals surface area contributed by atoms with E-state index in [2.05, 4.69) is 0 Å². The van der Waals surface area contributed by atoms with Crippen LogP contribution < -0.4 is 0 Å². The van der Waals surface area contributed by atoms with Crippen molar-refractivity contribution in [2.24, 2.45) is 0 Å². The van der Waals surface area contributed by atoms with E-state index >= 15 is 0 Å². The Morgan fingerprint density at radius 1 is 0.565 bits per heavy atom. The van der Waals surface area contributed by atoms with Crippen LogP contribution in [0.15, 0.2) is 24.3 Å². The van der Waals surface area contributed by atoms with Gasteiger partial charge in [-0.3, -0.25) is 0 Å². The fraction of sp³-hybridized carbons (Fsp3) is 0.143. The topological polar surface area (TPSA) is 0 Å². The lowest BCUT2D eigenvalue weighted by Gasteiger charge is -1.94. The van der Waals surface area contributed by atoms with E-state index in [-0.39, 0.29) is 0 Å². The van der Waals surface area contributed by atoms with Crippen LogP contribution in [-0.4, -0.2) is 21.8 Å². The Kier molecular flexibility index (Phi) is 13.3. The molecule has 0 saturated heterocycles. The molecule has 0 aliphatic carbocycles. The van der Waals surface area contributed by atoms with E-state index in [1.54, 1.807) is 0 Å². The Hall–Kier alpha value is -1.14. The minimum Gasteiger partial charge on any atom is -0.418 e. The summed E-state index contributed by atoms with van der Waals surface area (Å²) < 4.78 is 117. The number of rotatable bonds is 0. The highest BCUT2D eigenvalue weighted by Crippen LogP contribution is 2.08. The predicted molar refractivity (Wildman–Crippen MR) is 66.7 cm³/mol. The molecule has 23 heavy (non-hydrogen) atoms. The van der Waals surface area contributed by atoms with Crippen LogP contribution in [0.2, 0.25) is 5.02 Å². The summed E-state index contributed by atoms with van der Waals surface area (Å²) in [6, 6.07) is 7.75. The van der Waals surface area contributed by atoms with Crippen molar-refractivity contribution >= 4 is 33.4 Å². The molecule has 0 bridgehead atoms. The molecule has 16 heteroatoms. The first-order chi connectivity index (χ1) is 9.79. The molecular formula is C7H7B3ClF12-3. The van der Waals surface area contributed by atoms with Gasteiger partial charge in [0.15, 0.2) is 0 Å². The van der Waals surface area contributed by atoms with Crippen molar-refractivity contribution in [1.82, 2.24) is 0 Å². The van der Waals surface area contributed by atoms with E-state index in [9.17, 15) is 51.8 Å². The summed E-state index contributed by atoms with van der Waals surface area (Å²) in [4.78, 5) is 0. The second-order valence-electron chi connectivity index (χ2n) is 3.28. The third-order valence-electron chi connectivity index (χ3n) is 1.01. The summed E-state index contributed by atoms with van der Waals surface area (Å²) in [7, 11) is -18.0. The van der Waals surface area contributed by atoms with E-state index in [0.29, 0.717) is 0 Å². The molecule has 0 fully saturated rings. The molecule has 0 unspecified atom stereocenters. The molecular weight excluding hydrogens is 380 g/mol. The average molecular weight is 387 g/mol. The van der Waals surface area contributed by atoms with Crippen LogP contribution in [0.4, 0.5) is 51.8 Å². The molecule has 0 aliphatic heterocycles. The van der Waals surface area contributed by atoms with E-state index < -0.39 is 21.8 Å². The van der Waals surface area contributed by atoms with Crippen molar-refractivity contribution < 1.29 is 51.8 Å². The summed E-state index contributed by atoms with van der Waals surface area (Å²) in [5.74, 6) is 0. The van der Waals surface area contributed by atoms with Crippen LogP contribution in [0.25, 0.3) is 0 Å². The van der Waals surface area contributed by atoms with Crippen molar-refractivity contribution in [1.29, 1.82) is 0 Å². The molecule has 0 aromatic heterocycles. The Morgan fingerprint density at radius 3 is 0.870 bits per heavy atom. The number of hydrogen-bond donors (Lipinski definition) is 0. The molecule has 1 rings (SSSR count). The second kappa shape index (κ2) is 11.4. The zero-order valence-electron chi connectivity index (χ0n) is 11.0. The first-order valence-electron chi connectivity index (χ1n) is 5.13. The van der Waals surface area contributed by atoms with Gasteiger partial charge in [-0.15, -0.1) is 0 Å². The number of hydrogen-bond acceptors (Lipinski definition) is 0. The van der Waals surface area contributed by atoms with Gasteiger partial charge >= 0.3 is 21.8 Å². The first kappa shape index (κ1) is 26.7. The van der Waals surface area contributed by atoms with Crippen LogP contribution in [-0.2, 0) is 0 Å². The van der Waals surface area contributed by atoms with Gasteiger partial charge in [0.05, 0.1) is 0 Å². The van der Waals surface area contributed by atoms with Crippen molar-refractivity contribution in [3.05, 3.63) is 34.9 Å². The lowest BCUT2D eigenvalue weighted by atomic mass is 10.2. The van der Waals surface area contributed by atoms with Crippen molar-refractivity contribution in [3.63, 3.8) is 0 Å². The summed E-state index contributed by atoms with van der Waals surface area (Å²) in [6.07, 6.45) is 0. The Balaban J connectivity index is -0.000000240. The predicted octanol–water partition coefficient (Wildman–Crippen LogP) is 6.55. The van der Waals surface area contributed by atoms with E-state index in [1.165, 1.54) is 5.56 Å². The minimum atomic E-state index is -6.00. The van der Waals surface area contributed by atoms with E-state index in [1.807, 2.05) is 31.2 Å². The molecule has 1 aromatic carbocycles. The molecule has 1 aromatic rings. The van der Waals surface area contributed by atoms with Gasteiger partial charge in [-0.25, -0.2) is 0 Å². The number of halogens is 13. The monoisotopic (exact) mass is 387 g/mol. The van der Waals surface area contributed by atoms with E-state index in [4.69, 9.17) is 11.6 Å². The summed E-state index contributed by atoms with van der Waals surface area (Å²) >= 11 is 5.61. The molecule has 0 radical (unpaired) electrons. The van der Waals surface area contributed by atoms with E-state index in [0.717, 1.165) is 5.02 Å². The van der Waals surface area contributed by atoms with Crippen LogP contribution in [0.3, 0.4) is 0 Å². The molecule has 138 valence electrons. The minimum absolute atomic E-state index is 0.801. The van der Waals surface area contributed by atoms with Crippen molar-refractivity contribution in [3.8, 4) is 0 Å². The summed E-state index contributed by atoms with van der Waals surface area (Å²) in [5.41, 5.74) is 1.24. The zero-order valence-corrected chi connectivity index (χ0v) is 11.7. The van der Waals surface area contributed by atoms with Gasteiger partial charge in [-0.2, -0.15) is 0 Å². The highest BCUT2D eigenvalue weighted by atomic mass is 35.5. The largest absolute Gasteiger partial charge is 0.673 e. The number of aryl methyl sites for hydroxylation is 1. The quantitative estimate of drug-likeness (QED) is 0.350. The van der Waals surface area contributed by atoms with Gasteiger partial charge in [-0.1, -0.05) is 29.3 Å². The molecule has 0 amide bonds. The fourth-order valence-corrected chi connectivity index (χ4v) is 0.659. The number of benzene rings is 1. The Bertz CT molecular complexity index is 330. The Morgan fingerprint density at radius 2 is 0.739 bits per heavy atom. The van der Waals surface area contributed by atoms with Gasteiger partial charge < -0.3 is 51.8 Å². The maximum absolute atomic E-state index is 9.75. The normalized spacial score (nSPS) is 11.0. The van der Waals surface area contributed by atoms with Crippen molar-refractivity contribution in [2.75, 3.05) is 0 Å². The first-order valence-corrected chi connectivity index (χ1v) is 5.51. The fourth-order valence-electron chi connectivity index (χ4n) is 0.533. The third kappa shape index (κ3) is 94.5. The van der Waals surface area contributed by atoms with Crippen LogP contribution in [0, 0.1) is 6.92 Å². The van der Waals surface area contributed by atoms with Gasteiger partial charge in [0.1, 0.15) is 0 Å². The zero-order chi connectivity index (χ0) is 19.5. The summed E-state index contributed by atoms with van der Waals surface area (Å²) in [5, 5.41) is 0.801. The second-order valence-corrected chi connectivity index (χ2v) is 3.72. The molecule has 0 aliphatic rings. The average Bonchev–Trinajstić information content (AvgIpc) is 2.14. The van der Waals surface area contributed by atoms with Crippen LogP contribution in [0.1, 0.15) is 5.56 Å². The van der Waals surface area contributed by atoms with Gasteiger partial charge in [0.25, 0.3) is 0 Å². The molecule has 0 heterocycles. The molecule has 0 N–H and O–H groups in total. The maximum atomic E-state index is 9.75. The third-order valence-corrected chi connectivity index (χ3v) is 1.26.